The van der Waals surface area contributed by atoms with E-state index in [1.165, 1.54) is 17.0 Å². The van der Waals surface area contributed by atoms with Gasteiger partial charge in [-0.25, -0.2) is 4.39 Å². The lowest BCUT2D eigenvalue weighted by Gasteiger charge is -2.23. The fourth-order valence-corrected chi connectivity index (χ4v) is 3.51. The van der Waals surface area contributed by atoms with Gasteiger partial charge < -0.3 is 10.2 Å². The molecule has 0 aliphatic carbocycles. The second-order valence-electron chi connectivity index (χ2n) is 6.13. The molecular weight excluding hydrogens is 323 g/mol. The molecule has 1 atom stereocenters. The van der Waals surface area contributed by atoms with Crippen LogP contribution in [0.3, 0.4) is 0 Å². The topological polar surface area (TPSA) is 32.3 Å². The van der Waals surface area contributed by atoms with Gasteiger partial charge >= 0.3 is 0 Å². The number of aryl methyl sites for hydroxylation is 1. The van der Waals surface area contributed by atoms with Crippen molar-refractivity contribution in [1.82, 2.24) is 10.2 Å². The Kier molecular flexibility index (Phi) is 7.40. The second-order valence-corrected chi connectivity index (χ2v) is 7.11. The molecule has 1 aromatic heterocycles. The fourth-order valence-electron chi connectivity index (χ4n) is 2.58. The monoisotopic (exact) mass is 348 g/mol. The number of benzene rings is 1. The van der Waals surface area contributed by atoms with Crippen LogP contribution in [0.2, 0.25) is 0 Å². The summed E-state index contributed by atoms with van der Waals surface area (Å²) in [5.74, 6) is -0.114. The van der Waals surface area contributed by atoms with Crippen LogP contribution >= 0.6 is 11.3 Å². The summed E-state index contributed by atoms with van der Waals surface area (Å²) in [4.78, 5) is 15.4. The van der Waals surface area contributed by atoms with E-state index in [4.69, 9.17) is 0 Å². The molecule has 1 heterocycles. The van der Waals surface area contributed by atoms with Crippen molar-refractivity contribution < 1.29 is 9.18 Å². The van der Waals surface area contributed by atoms with Gasteiger partial charge in [-0.2, -0.15) is 0 Å². The number of halogens is 1. The van der Waals surface area contributed by atoms with Crippen LogP contribution in [0.5, 0.6) is 0 Å². The van der Waals surface area contributed by atoms with E-state index in [1.807, 2.05) is 20.2 Å². The number of unbranched alkanes of at least 4 members (excludes halogenated alkanes) is 1. The number of carbonyl (C=O) groups is 1. The first kappa shape index (κ1) is 18.6. The first-order valence-corrected chi connectivity index (χ1v) is 9.15. The van der Waals surface area contributed by atoms with Gasteiger partial charge in [-0.05, 0) is 62.5 Å². The van der Waals surface area contributed by atoms with Gasteiger partial charge in [-0.3, -0.25) is 4.79 Å². The lowest BCUT2D eigenvalue weighted by atomic mass is 10.1. The second kappa shape index (κ2) is 9.55. The first-order chi connectivity index (χ1) is 11.6. The van der Waals surface area contributed by atoms with E-state index in [0.717, 1.165) is 24.8 Å². The summed E-state index contributed by atoms with van der Waals surface area (Å²) < 4.78 is 12.8. The minimum absolute atomic E-state index is 0.0949. The van der Waals surface area contributed by atoms with Crippen LogP contribution in [-0.2, 0) is 11.2 Å². The number of hydrogen-bond acceptors (Lipinski definition) is 3. The summed E-state index contributed by atoms with van der Waals surface area (Å²) in [7, 11) is 4.05. The van der Waals surface area contributed by atoms with Gasteiger partial charge in [0.25, 0.3) is 0 Å². The zero-order valence-electron chi connectivity index (χ0n) is 14.3. The van der Waals surface area contributed by atoms with Crippen LogP contribution in [-0.4, -0.2) is 31.4 Å². The van der Waals surface area contributed by atoms with Gasteiger partial charge in [0.1, 0.15) is 5.82 Å². The zero-order chi connectivity index (χ0) is 17.4. The Morgan fingerprint density at radius 3 is 2.58 bits per heavy atom. The molecule has 0 fully saturated rings. The van der Waals surface area contributed by atoms with Gasteiger partial charge in [0.05, 0.1) is 6.04 Å². The Labute approximate surface area is 147 Å². The van der Waals surface area contributed by atoms with Crippen molar-refractivity contribution in [2.45, 2.75) is 31.7 Å². The van der Waals surface area contributed by atoms with E-state index < -0.39 is 0 Å². The highest BCUT2D eigenvalue weighted by molar-refractivity contribution is 7.10. The molecule has 1 aromatic carbocycles. The van der Waals surface area contributed by atoms with E-state index in [0.29, 0.717) is 13.0 Å². The molecule has 0 aliphatic rings. The van der Waals surface area contributed by atoms with Crippen molar-refractivity contribution in [2.75, 3.05) is 20.6 Å². The quantitative estimate of drug-likeness (QED) is 0.694. The summed E-state index contributed by atoms with van der Waals surface area (Å²) >= 11 is 1.71. The number of nitrogens with zero attached hydrogens (tertiary/aromatic N) is 1. The number of rotatable bonds is 9. The number of amides is 1. The molecule has 130 valence electrons. The molecule has 5 heteroatoms. The lowest BCUT2D eigenvalue weighted by Crippen LogP contribution is -2.34. The van der Waals surface area contributed by atoms with Crippen LogP contribution in [0, 0.1) is 5.82 Å². The molecule has 1 N–H and O–H groups in total. The van der Waals surface area contributed by atoms with Crippen LogP contribution in [0.1, 0.15) is 35.7 Å². The molecule has 3 nitrogen and oxygen atoms in total. The Morgan fingerprint density at radius 2 is 1.96 bits per heavy atom. The molecule has 0 saturated carbocycles. The summed E-state index contributed by atoms with van der Waals surface area (Å²) in [6, 6.07) is 10.9. The van der Waals surface area contributed by atoms with Gasteiger partial charge in [0, 0.05) is 17.8 Å². The predicted molar refractivity (Wildman–Crippen MR) is 97.7 cm³/mol. The van der Waals surface area contributed by atoms with E-state index in [1.54, 1.807) is 23.5 Å². The van der Waals surface area contributed by atoms with Crippen molar-refractivity contribution in [3.05, 3.63) is 58.0 Å². The normalized spacial score (nSPS) is 12.3. The number of nitrogens with one attached hydrogen (secondary N) is 1. The van der Waals surface area contributed by atoms with Crippen molar-refractivity contribution in [1.29, 1.82) is 0 Å². The molecule has 1 unspecified atom stereocenters. The third-order valence-corrected chi connectivity index (χ3v) is 4.99. The maximum atomic E-state index is 12.8. The maximum Gasteiger partial charge on any atom is 0.220 e. The highest BCUT2D eigenvalue weighted by Gasteiger charge is 2.15. The molecule has 0 bridgehead atoms. The number of thiophene rings is 1. The minimum atomic E-state index is -0.209. The molecule has 1 amide bonds. The maximum absolute atomic E-state index is 12.8. The number of carbonyl (C=O) groups excluding carboxylic acids is 1. The van der Waals surface area contributed by atoms with Crippen LogP contribution in [0.15, 0.2) is 41.8 Å². The Morgan fingerprint density at radius 1 is 1.21 bits per heavy atom. The standard InChI is InChI=1S/C19H25FN2OS/c1-22(2)17(18-7-5-13-24-18)14-21-19(23)8-4-3-6-15-9-11-16(20)12-10-15/h5,7,9-13,17H,3-4,6,8,14H2,1-2H3,(H,21,23). The highest BCUT2D eigenvalue weighted by atomic mass is 32.1. The van der Waals surface area contributed by atoms with Gasteiger partial charge in [-0.1, -0.05) is 18.2 Å². The molecular formula is C19H25FN2OS. The van der Waals surface area contributed by atoms with Crippen LogP contribution in [0.25, 0.3) is 0 Å². The third-order valence-electron chi connectivity index (χ3n) is 4.02. The van der Waals surface area contributed by atoms with E-state index in [2.05, 4.69) is 21.7 Å². The Hall–Kier alpha value is -1.72. The first-order valence-electron chi connectivity index (χ1n) is 8.27. The molecule has 0 saturated heterocycles. The minimum Gasteiger partial charge on any atom is -0.354 e. The van der Waals surface area contributed by atoms with Crippen molar-refractivity contribution in [2.24, 2.45) is 0 Å². The largest absolute Gasteiger partial charge is 0.354 e. The van der Waals surface area contributed by atoms with E-state index in [-0.39, 0.29) is 17.8 Å². The molecule has 0 aliphatic heterocycles. The van der Waals surface area contributed by atoms with Gasteiger partial charge in [-0.15, -0.1) is 11.3 Å². The number of likely N-dealkylation sites (N-methyl/N-ethyl adjacent to an activating group) is 1. The van der Waals surface area contributed by atoms with Crippen molar-refractivity contribution >= 4 is 17.2 Å². The van der Waals surface area contributed by atoms with Crippen molar-refractivity contribution in [3.8, 4) is 0 Å². The molecule has 2 aromatic rings. The summed E-state index contributed by atoms with van der Waals surface area (Å²) in [5, 5.41) is 5.09. The molecule has 0 spiro atoms. The SMILES string of the molecule is CN(C)C(CNC(=O)CCCCc1ccc(F)cc1)c1cccs1. The van der Waals surface area contributed by atoms with Crippen LogP contribution in [0.4, 0.5) is 4.39 Å². The van der Waals surface area contributed by atoms with Gasteiger partial charge in [0.2, 0.25) is 5.91 Å². The summed E-state index contributed by atoms with van der Waals surface area (Å²) in [6.07, 6.45) is 3.19. The number of hydrogen-bond donors (Lipinski definition) is 1. The zero-order valence-corrected chi connectivity index (χ0v) is 15.1. The van der Waals surface area contributed by atoms with Crippen LogP contribution < -0.4 is 5.32 Å². The average molecular weight is 348 g/mol. The smallest absolute Gasteiger partial charge is 0.220 e. The third kappa shape index (κ3) is 6.06. The summed E-state index contributed by atoms with van der Waals surface area (Å²) in [6.45, 7) is 0.629. The van der Waals surface area contributed by atoms with Gasteiger partial charge in [0.15, 0.2) is 0 Å². The van der Waals surface area contributed by atoms with E-state index in [9.17, 15) is 9.18 Å². The molecule has 24 heavy (non-hydrogen) atoms. The lowest BCUT2D eigenvalue weighted by molar-refractivity contribution is -0.121. The predicted octanol–water partition coefficient (Wildman–Crippen LogP) is 4.02. The molecule has 0 radical (unpaired) electrons. The van der Waals surface area contributed by atoms with E-state index >= 15 is 0 Å². The summed E-state index contributed by atoms with van der Waals surface area (Å²) in [5.41, 5.74) is 1.11. The molecule has 2 rings (SSSR count). The fraction of sp³-hybridized carbons (Fsp3) is 0.421. The average Bonchev–Trinajstić information content (AvgIpc) is 3.07. The highest BCUT2D eigenvalue weighted by Crippen LogP contribution is 2.22. The van der Waals surface area contributed by atoms with Crippen molar-refractivity contribution in [3.63, 3.8) is 0 Å². The Bertz CT molecular complexity index is 611. The Balaban J connectivity index is 1.66.